The number of anilines is 2. The van der Waals surface area contributed by atoms with Crippen LogP contribution in [-0.4, -0.2) is 38.0 Å². The number of amides is 2. The molecular formula is C20H20N2O5. The zero-order chi connectivity index (χ0) is 19.2. The predicted octanol–water partition coefficient (Wildman–Crippen LogP) is 2.23. The molecule has 1 saturated heterocycles. The molecule has 1 atom stereocenters. The molecule has 0 aromatic heterocycles. The maximum atomic E-state index is 12.2. The zero-order valence-corrected chi connectivity index (χ0v) is 14.9. The van der Waals surface area contributed by atoms with Crippen molar-refractivity contribution in [2.75, 3.05) is 30.5 Å². The number of esters is 1. The van der Waals surface area contributed by atoms with Crippen molar-refractivity contribution in [3.63, 3.8) is 0 Å². The molecule has 2 aromatic carbocycles. The van der Waals surface area contributed by atoms with E-state index in [0.717, 1.165) is 5.69 Å². The fraction of sp³-hybridized carbons (Fsp3) is 0.250. The summed E-state index contributed by atoms with van der Waals surface area (Å²) in [6.45, 7) is -0.178. The molecular weight excluding hydrogens is 348 g/mol. The van der Waals surface area contributed by atoms with Crippen LogP contribution in [0.4, 0.5) is 11.4 Å². The minimum atomic E-state index is -0.586. The Morgan fingerprint density at radius 3 is 2.56 bits per heavy atom. The second-order valence-corrected chi connectivity index (χ2v) is 6.10. The van der Waals surface area contributed by atoms with Crippen LogP contribution in [0.1, 0.15) is 6.42 Å². The molecule has 140 valence electrons. The van der Waals surface area contributed by atoms with Crippen molar-refractivity contribution in [1.82, 2.24) is 0 Å². The zero-order valence-electron chi connectivity index (χ0n) is 14.9. The number of hydrogen-bond acceptors (Lipinski definition) is 5. The van der Waals surface area contributed by atoms with Crippen LogP contribution in [-0.2, 0) is 19.1 Å². The van der Waals surface area contributed by atoms with Gasteiger partial charge in [0.2, 0.25) is 5.91 Å². The normalized spacial score (nSPS) is 16.1. The van der Waals surface area contributed by atoms with E-state index in [9.17, 15) is 14.4 Å². The molecule has 3 rings (SSSR count). The van der Waals surface area contributed by atoms with Crippen molar-refractivity contribution in [1.29, 1.82) is 0 Å². The van der Waals surface area contributed by atoms with E-state index < -0.39 is 24.4 Å². The van der Waals surface area contributed by atoms with Gasteiger partial charge in [-0.25, -0.2) is 0 Å². The van der Waals surface area contributed by atoms with E-state index in [1.165, 1.54) is 7.11 Å². The Labute approximate surface area is 156 Å². The summed E-state index contributed by atoms with van der Waals surface area (Å²) in [5.41, 5.74) is 1.24. The molecule has 1 aliphatic heterocycles. The minimum absolute atomic E-state index is 0.0713. The number of rotatable bonds is 6. The highest BCUT2D eigenvalue weighted by atomic mass is 16.5. The topological polar surface area (TPSA) is 84.9 Å². The van der Waals surface area contributed by atoms with Crippen LogP contribution in [0.25, 0.3) is 0 Å². The van der Waals surface area contributed by atoms with Crippen molar-refractivity contribution >= 4 is 29.2 Å². The van der Waals surface area contributed by atoms with Gasteiger partial charge in [-0.1, -0.05) is 30.3 Å². The van der Waals surface area contributed by atoms with Gasteiger partial charge in [-0.3, -0.25) is 14.4 Å². The van der Waals surface area contributed by atoms with Crippen molar-refractivity contribution < 1.29 is 23.9 Å². The molecule has 0 bridgehead atoms. The second kappa shape index (κ2) is 8.35. The maximum absolute atomic E-state index is 12.2. The van der Waals surface area contributed by atoms with Gasteiger partial charge in [0, 0.05) is 18.7 Å². The first kappa shape index (κ1) is 18.4. The van der Waals surface area contributed by atoms with Crippen LogP contribution in [0.3, 0.4) is 0 Å². The summed E-state index contributed by atoms with van der Waals surface area (Å²) in [5, 5.41) is 2.63. The lowest BCUT2D eigenvalue weighted by molar-refractivity contribution is -0.151. The van der Waals surface area contributed by atoms with Crippen LogP contribution in [0.5, 0.6) is 5.75 Å². The Kier molecular flexibility index (Phi) is 5.71. The summed E-state index contributed by atoms with van der Waals surface area (Å²) in [7, 11) is 1.50. The van der Waals surface area contributed by atoms with Gasteiger partial charge in [0.05, 0.1) is 18.7 Å². The third kappa shape index (κ3) is 4.44. The van der Waals surface area contributed by atoms with Gasteiger partial charge < -0.3 is 19.7 Å². The number of methoxy groups -OCH3 is 1. The lowest BCUT2D eigenvalue weighted by atomic mass is 10.1. The number of nitrogens with zero attached hydrogens (tertiary/aromatic N) is 1. The van der Waals surface area contributed by atoms with E-state index in [-0.39, 0.29) is 18.9 Å². The number of carbonyl (C=O) groups excluding carboxylic acids is 3. The van der Waals surface area contributed by atoms with E-state index in [0.29, 0.717) is 11.4 Å². The number of carbonyl (C=O) groups is 3. The first-order valence-corrected chi connectivity index (χ1v) is 8.53. The first-order chi connectivity index (χ1) is 13.1. The Balaban J connectivity index is 1.52. The van der Waals surface area contributed by atoms with Crippen LogP contribution < -0.4 is 15.0 Å². The summed E-state index contributed by atoms with van der Waals surface area (Å²) >= 11 is 0. The maximum Gasteiger partial charge on any atom is 0.311 e. The van der Waals surface area contributed by atoms with Crippen LogP contribution in [0.15, 0.2) is 54.6 Å². The molecule has 7 nitrogen and oxygen atoms in total. The van der Waals surface area contributed by atoms with E-state index in [1.807, 2.05) is 30.3 Å². The van der Waals surface area contributed by atoms with Crippen molar-refractivity contribution in [2.45, 2.75) is 6.42 Å². The molecule has 0 spiro atoms. The molecule has 7 heteroatoms. The lowest BCUT2D eigenvalue weighted by Crippen LogP contribution is -2.28. The highest BCUT2D eigenvalue weighted by molar-refractivity contribution is 6.00. The largest absolute Gasteiger partial charge is 0.495 e. The predicted molar refractivity (Wildman–Crippen MR) is 99.5 cm³/mol. The van der Waals surface area contributed by atoms with E-state index in [4.69, 9.17) is 9.47 Å². The second-order valence-electron chi connectivity index (χ2n) is 6.10. The molecule has 2 aromatic rings. The highest BCUT2D eigenvalue weighted by Crippen LogP contribution is 2.26. The van der Waals surface area contributed by atoms with Gasteiger partial charge in [-0.2, -0.15) is 0 Å². The molecule has 1 aliphatic rings. The molecule has 2 amide bonds. The van der Waals surface area contributed by atoms with E-state index in [2.05, 4.69) is 5.32 Å². The number of hydrogen-bond donors (Lipinski definition) is 1. The summed E-state index contributed by atoms with van der Waals surface area (Å²) < 4.78 is 10.2. The van der Waals surface area contributed by atoms with Gasteiger partial charge in [0.15, 0.2) is 6.61 Å². The molecule has 0 radical (unpaired) electrons. The standard InChI is InChI=1S/C20H20N2O5/c1-26-17-10-6-5-9-16(17)21-18(23)13-27-20(25)14-11-19(24)22(12-14)15-7-3-2-4-8-15/h2-10,14H,11-13H2,1H3,(H,21,23)/t14-/m0/s1. The molecule has 0 unspecified atom stereocenters. The summed E-state index contributed by atoms with van der Waals surface area (Å²) in [6.07, 6.45) is 0.0713. The van der Waals surface area contributed by atoms with Crippen LogP contribution in [0.2, 0.25) is 0 Å². The molecule has 27 heavy (non-hydrogen) atoms. The smallest absolute Gasteiger partial charge is 0.311 e. The highest BCUT2D eigenvalue weighted by Gasteiger charge is 2.36. The van der Waals surface area contributed by atoms with Crippen LogP contribution in [0, 0.1) is 5.92 Å². The average molecular weight is 368 g/mol. The number of nitrogens with one attached hydrogen (secondary N) is 1. The first-order valence-electron chi connectivity index (χ1n) is 8.53. The summed E-state index contributed by atoms with van der Waals surface area (Å²) in [4.78, 5) is 38.0. The van der Waals surface area contributed by atoms with Crippen molar-refractivity contribution in [2.24, 2.45) is 5.92 Å². The Morgan fingerprint density at radius 2 is 1.81 bits per heavy atom. The van der Waals surface area contributed by atoms with Crippen molar-refractivity contribution in [3.05, 3.63) is 54.6 Å². The quantitative estimate of drug-likeness (QED) is 0.791. The Morgan fingerprint density at radius 1 is 1.11 bits per heavy atom. The number of ether oxygens (including phenoxy) is 2. The van der Waals surface area contributed by atoms with Crippen molar-refractivity contribution in [3.8, 4) is 5.75 Å². The Bertz CT molecular complexity index is 837. The Hall–Kier alpha value is -3.35. The summed E-state index contributed by atoms with van der Waals surface area (Å²) in [5.74, 6) is -1.25. The molecule has 1 N–H and O–H groups in total. The monoisotopic (exact) mass is 368 g/mol. The van der Waals surface area contributed by atoms with E-state index >= 15 is 0 Å². The van der Waals surface area contributed by atoms with Gasteiger partial charge in [-0.05, 0) is 24.3 Å². The average Bonchev–Trinajstić information content (AvgIpc) is 3.09. The molecule has 0 saturated carbocycles. The summed E-state index contributed by atoms with van der Waals surface area (Å²) in [6, 6.07) is 16.1. The fourth-order valence-corrected chi connectivity index (χ4v) is 2.91. The fourth-order valence-electron chi connectivity index (χ4n) is 2.91. The van der Waals surface area contributed by atoms with Crippen LogP contribution >= 0.6 is 0 Å². The third-order valence-electron chi connectivity index (χ3n) is 4.25. The number of benzene rings is 2. The minimum Gasteiger partial charge on any atom is -0.495 e. The third-order valence-corrected chi connectivity index (χ3v) is 4.25. The van der Waals surface area contributed by atoms with E-state index in [1.54, 1.807) is 29.2 Å². The molecule has 1 fully saturated rings. The van der Waals surface area contributed by atoms with Gasteiger partial charge in [0.25, 0.3) is 5.91 Å². The SMILES string of the molecule is COc1ccccc1NC(=O)COC(=O)[C@H]1CC(=O)N(c2ccccc2)C1. The molecule has 1 heterocycles. The van der Waals surface area contributed by atoms with Gasteiger partial charge >= 0.3 is 5.97 Å². The number of para-hydroxylation sites is 3. The molecule has 0 aliphatic carbocycles. The lowest BCUT2D eigenvalue weighted by Gasteiger charge is -2.16. The van der Waals surface area contributed by atoms with Gasteiger partial charge in [0.1, 0.15) is 5.75 Å². The van der Waals surface area contributed by atoms with Gasteiger partial charge in [-0.15, -0.1) is 0 Å².